The number of Topliss-reactive ketones (excluding diaryl/α,β-unsaturated/α-hetero) is 2. The van der Waals surface area contributed by atoms with Crippen molar-refractivity contribution in [3.63, 3.8) is 0 Å². The van der Waals surface area contributed by atoms with Gasteiger partial charge in [0.1, 0.15) is 69.3 Å². The van der Waals surface area contributed by atoms with Crippen molar-refractivity contribution < 1.29 is 49.0 Å². The van der Waals surface area contributed by atoms with Crippen LogP contribution in [0.3, 0.4) is 0 Å². The fourth-order valence-corrected chi connectivity index (χ4v) is 5.70. The maximum atomic E-state index is 14.4. The third-order valence-electron chi connectivity index (χ3n) is 7.67. The lowest BCUT2D eigenvalue weighted by molar-refractivity contribution is 0.0129. The molecule has 0 radical (unpaired) electrons. The number of ketones is 2. The van der Waals surface area contributed by atoms with Crippen LogP contribution in [0.4, 0.5) is 0 Å². The summed E-state index contributed by atoms with van der Waals surface area (Å²) in [6, 6.07) is 17.8. The summed E-state index contributed by atoms with van der Waals surface area (Å²) < 4.78 is 23.2. The fourth-order valence-electron chi connectivity index (χ4n) is 5.70. The highest BCUT2D eigenvalue weighted by Gasteiger charge is 2.53. The van der Waals surface area contributed by atoms with Crippen molar-refractivity contribution in [2.24, 2.45) is 11.8 Å². The van der Waals surface area contributed by atoms with Gasteiger partial charge in [0.25, 0.3) is 0 Å². The number of benzene rings is 4. The van der Waals surface area contributed by atoms with Gasteiger partial charge < -0.3 is 39.4 Å². The van der Waals surface area contributed by atoms with Gasteiger partial charge in [0.05, 0.1) is 26.1 Å². The molecule has 0 spiro atoms. The molecule has 0 aromatic heterocycles. The van der Waals surface area contributed by atoms with Gasteiger partial charge in [-0.25, -0.2) is 0 Å². The molecule has 0 aliphatic carbocycles. The standard InChI is InChI=1S/C32H26O10/c1-39-19-9-5-16(6-10-19)32-28(30(38)26-22(36)13-20(40-2)14-24(26)42-32)27-29(37)25-21(35)11-18(34)12-23(25)41-31(27)15-3-7-17(33)8-4-15/h3-14,27-28,31-36H,1-2H3/t27-,28+,31+,32+/m0/s1. The number of hydrogen-bond donors (Lipinski definition) is 4. The summed E-state index contributed by atoms with van der Waals surface area (Å²) in [7, 11) is 2.93. The quantitative estimate of drug-likeness (QED) is 0.255. The molecular formula is C32H26O10. The maximum absolute atomic E-state index is 14.4. The minimum atomic E-state index is -1.27. The molecule has 0 bridgehead atoms. The maximum Gasteiger partial charge on any atom is 0.178 e. The van der Waals surface area contributed by atoms with E-state index in [1.54, 1.807) is 36.4 Å². The minimum absolute atomic E-state index is 0.0193. The third kappa shape index (κ3) is 4.37. The average Bonchev–Trinajstić information content (AvgIpc) is 2.97. The van der Waals surface area contributed by atoms with Gasteiger partial charge in [-0.3, -0.25) is 9.59 Å². The topological polar surface area (TPSA) is 152 Å². The van der Waals surface area contributed by atoms with Crippen LogP contribution in [0.25, 0.3) is 0 Å². The average molecular weight is 571 g/mol. The normalized spacial score (nSPS) is 21.0. The lowest BCUT2D eigenvalue weighted by atomic mass is 9.69. The Morgan fingerprint density at radius 3 is 1.57 bits per heavy atom. The first-order valence-electron chi connectivity index (χ1n) is 13.0. The first-order chi connectivity index (χ1) is 20.2. The lowest BCUT2D eigenvalue weighted by Gasteiger charge is -2.42. The zero-order valence-corrected chi connectivity index (χ0v) is 22.5. The van der Waals surface area contributed by atoms with Crippen LogP contribution >= 0.6 is 0 Å². The SMILES string of the molecule is COc1ccc([C@H]2Oc3cc(OC)cc(O)c3C(=O)[C@H]2[C@H]2C(=O)c3c(O)cc(O)cc3O[C@@H]2c2ccc(O)cc2)cc1. The summed E-state index contributed by atoms with van der Waals surface area (Å²) in [6.07, 6.45) is -2.15. The number of ether oxygens (including phenoxy) is 4. The molecule has 0 fully saturated rings. The van der Waals surface area contributed by atoms with Crippen LogP contribution in [0.5, 0.6) is 46.0 Å². The van der Waals surface area contributed by atoms with Crippen LogP contribution in [0.2, 0.25) is 0 Å². The zero-order chi connectivity index (χ0) is 29.7. The van der Waals surface area contributed by atoms with Crippen LogP contribution in [0.1, 0.15) is 44.1 Å². The number of carbonyl (C=O) groups excluding carboxylic acids is 2. The Labute approximate surface area is 239 Å². The molecule has 2 aliphatic rings. The van der Waals surface area contributed by atoms with Crippen molar-refractivity contribution in [1.29, 1.82) is 0 Å². The van der Waals surface area contributed by atoms with Crippen molar-refractivity contribution in [2.75, 3.05) is 14.2 Å². The molecule has 0 unspecified atom stereocenters. The predicted octanol–water partition coefficient (Wildman–Crippen LogP) is 5.09. The van der Waals surface area contributed by atoms with E-state index in [1.165, 1.54) is 44.6 Å². The molecule has 4 aromatic carbocycles. The van der Waals surface area contributed by atoms with E-state index >= 15 is 0 Å². The Kier molecular flexibility index (Phi) is 6.53. The van der Waals surface area contributed by atoms with Crippen molar-refractivity contribution in [2.45, 2.75) is 12.2 Å². The van der Waals surface area contributed by atoms with Gasteiger partial charge in [0, 0.05) is 24.3 Å². The Morgan fingerprint density at radius 1 is 0.571 bits per heavy atom. The molecule has 4 atom stereocenters. The third-order valence-corrected chi connectivity index (χ3v) is 7.67. The first kappa shape index (κ1) is 26.8. The van der Waals surface area contributed by atoms with Gasteiger partial charge in [-0.1, -0.05) is 24.3 Å². The summed E-state index contributed by atoms with van der Waals surface area (Å²) in [5.41, 5.74) is 0.674. The van der Waals surface area contributed by atoms with Gasteiger partial charge in [-0.2, -0.15) is 0 Å². The molecule has 2 aliphatic heterocycles. The fraction of sp³-hybridized carbons (Fsp3) is 0.188. The second-order valence-corrected chi connectivity index (χ2v) is 10.1. The predicted molar refractivity (Wildman–Crippen MR) is 148 cm³/mol. The van der Waals surface area contributed by atoms with Crippen molar-refractivity contribution in [3.05, 3.63) is 95.1 Å². The molecule has 0 saturated carbocycles. The molecule has 4 N–H and O–H groups in total. The smallest absolute Gasteiger partial charge is 0.178 e. The summed E-state index contributed by atoms with van der Waals surface area (Å²) in [5.74, 6) is -4.11. The van der Waals surface area contributed by atoms with E-state index in [2.05, 4.69) is 0 Å². The highest BCUT2D eigenvalue weighted by molar-refractivity contribution is 6.11. The van der Waals surface area contributed by atoms with E-state index in [9.17, 15) is 30.0 Å². The highest BCUT2D eigenvalue weighted by atomic mass is 16.5. The number of phenolic OH excluding ortho intramolecular Hbond substituents is 4. The molecule has 10 heteroatoms. The van der Waals surface area contributed by atoms with E-state index in [0.29, 0.717) is 16.9 Å². The summed E-state index contributed by atoms with van der Waals surface area (Å²) in [5, 5.41) is 41.6. The Bertz CT molecular complexity index is 1690. The zero-order valence-electron chi connectivity index (χ0n) is 22.5. The van der Waals surface area contributed by atoms with Gasteiger partial charge in [0.2, 0.25) is 0 Å². The number of aromatic hydroxyl groups is 4. The molecule has 0 amide bonds. The van der Waals surface area contributed by atoms with Gasteiger partial charge in [-0.15, -0.1) is 0 Å². The molecular weight excluding hydrogens is 544 g/mol. The van der Waals surface area contributed by atoms with Crippen LogP contribution < -0.4 is 18.9 Å². The van der Waals surface area contributed by atoms with Crippen LogP contribution in [0.15, 0.2) is 72.8 Å². The van der Waals surface area contributed by atoms with Crippen molar-refractivity contribution >= 4 is 11.6 Å². The lowest BCUT2D eigenvalue weighted by Crippen LogP contribution is -2.45. The van der Waals surface area contributed by atoms with E-state index in [1.807, 2.05) is 0 Å². The molecule has 10 nitrogen and oxygen atoms in total. The molecule has 2 heterocycles. The Hall–Kier alpha value is -5.38. The van der Waals surface area contributed by atoms with Gasteiger partial charge in [-0.05, 0) is 35.4 Å². The van der Waals surface area contributed by atoms with E-state index in [4.69, 9.17) is 18.9 Å². The monoisotopic (exact) mass is 570 g/mol. The molecule has 0 saturated heterocycles. The number of methoxy groups -OCH3 is 2. The largest absolute Gasteiger partial charge is 0.508 e. The Morgan fingerprint density at radius 2 is 1.05 bits per heavy atom. The minimum Gasteiger partial charge on any atom is -0.508 e. The molecule has 214 valence electrons. The van der Waals surface area contributed by atoms with Crippen LogP contribution in [0, 0.1) is 11.8 Å². The van der Waals surface area contributed by atoms with E-state index < -0.39 is 41.4 Å². The second kappa shape index (κ2) is 10.2. The first-order valence-corrected chi connectivity index (χ1v) is 13.0. The number of carbonyl (C=O) groups is 2. The summed E-state index contributed by atoms with van der Waals surface area (Å²) in [4.78, 5) is 28.8. The van der Waals surface area contributed by atoms with E-state index in [0.717, 1.165) is 6.07 Å². The van der Waals surface area contributed by atoms with Crippen molar-refractivity contribution in [1.82, 2.24) is 0 Å². The summed E-state index contributed by atoms with van der Waals surface area (Å²) in [6.45, 7) is 0. The highest BCUT2D eigenvalue weighted by Crippen LogP contribution is 2.53. The van der Waals surface area contributed by atoms with Crippen LogP contribution in [-0.2, 0) is 0 Å². The number of fused-ring (bicyclic) bond motifs is 2. The van der Waals surface area contributed by atoms with Crippen molar-refractivity contribution in [3.8, 4) is 46.0 Å². The molecule has 6 rings (SSSR count). The van der Waals surface area contributed by atoms with E-state index in [-0.39, 0.29) is 45.6 Å². The number of hydrogen-bond acceptors (Lipinski definition) is 10. The Balaban J connectivity index is 1.58. The molecule has 4 aromatic rings. The van der Waals surface area contributed by atoms with Crippen LogP contribution in [-0.4, -0.2) is 46.2 Å². The second-order valence-electron chi connectivity index (χ2n) is 10.1. The van der Waals surface area contributed by atoms with Gasteiger partial charge in [0.15, 0.2) is 11.6 Å². The molecule has 42 heavy (non-hydrogen) atoms. The number of rotatable bonds is 5. The summed E-state index contributed by atoms with van der Waals surface area (Å²) >= 11 is 0. The van der Waals surface area contributed by atoms with Gasteiger partial charge >= 0.3 is 0 Å². The number of phenols is 4.